The van der Waals surface area contributed by atoms with Crippen molar-refractivity contribution >= 4 is 10.0 Å². The molecule has 1 aromatic heterocycles. The summed E-state index contributed by atoms with van der Waals surface area (Å²) in [5, 5.41) is 9.60. The summed E-state index contributed by atoms with van der Waals surface area (Å²) in [4.78, 5) is 3.90. The molecule has 7 heteroatoms. The molecule has 1 saturated heterocycles. The third kappa shape index (κ3) is 2.57. The van der Waals surface area contributed by atoms with Gasteiger partial charge in [-0.05, 0) is 25.7 Å². The second-order valence-corrected chi connectivity index (χ2v) is 6.74. The van der Waals surface area contributed by atoms with Crippen LogP contribution in [0.15, 0.2) is 17.6 Å². The standard InChI is InChI=1S/C11H19N3O3S/c1-9(15)10-3-5-14(6-4-10)18(16,17)11-7-13(2)8-12-11/h7-10,15H,3-6H2,1-2H3. The van der Waals surface area contributed by atoms with Gasteiger partial charge in [-0.25, -0.2) is 13.4 Å². The third-order valence-electron chi connectivity index (χ3n) is 3.47. The van der Waals surface area contributed by atoms with Crippen LogP contribution in [0, 0.1) is 5.92 Å². The number of hydrogen-bond donors (Lipinski definition) is 1. The number of aryl methyl sites for hydroxylation is 1. The van der Waals surface area contributed by atoms with Gasteiger partial charge in [0, 0.05) is 26.3 Å². The number of imidazole rings is 1. The van der Waals surface area contributed by atoms with Crippen LogP contribution in [-0.4, -0.2) is 46.6 Å². The molecule has 2 heterocycles. The molecule has 1 fully saturated rings. The first kappa shape index (κ1) is 13.5. The van der Waals surface area contributed by atoms with Crippen LogP contribution in [0.25, 0.3) is 0 Å². The van der Waals surface area contributed by atoms with E-state index in [0.29, 0.717) is 25.9 Å². The Morgan fingerprint density at radius 2 is 2.06 bits per heavy atom. The molecular weight excluding hydrogens is 254 g/mol. The van der Waals surface area contributed by atoms with E-state index in [1.165, 1.54) is 16.8 Å². The van der Waals surface area contributed by atoms with E-state index >= 15 is 0 Å². The van der Waals surface area contributed by atoms with Gasteiger partial charge in [0.05, 0.1) is 12.4 Å². The predicted octanol–water partition coefficient (Wildman–Crippen LogP) is 0.202. The van der Waals surface area contributed by atoms with Crippen LogP contribution >= 0.6 is 0 Å². The van der Waals surface area contributed by atoms with Crippen molar-refractivity contribution in [2.45, 2.75) is 30.9 Å². The van der Waals surface area contributed by atoms with E-state index in [1.54, 1.807) is 18.5 Å². The maximum absolute atomic E-state index is 12.3. The summed E-state index contributed by atoms with van der Waals surface area (Å²) >= 11 is 0. The molecule has 2 rings (SSSR count). The molecule has 0 radical (unpaired) electrons. The topological polar surface area (TPSA) is 75.4 Å². The molecule has 0 amide bonds. The zero-order valence-corrected chi connectivity index (χ0v) is 11.5. The lowest BCUT2D eigenvalue weighted by Crippen LogP contribution is -2.40. The number of nitrogens with zero attached hydrogens (tertiary/aromatic N) is 3. The van der Waals surface area contributed by atoms with E-state index in [4.69, 9.17) is 0 Å². The maximum Gasteiger partial charge on any atom is 0.262 e. The molecule has 1 unspecified atom stereocenters. The normalized spacial score (nSPS) is 21.1. The average molecular weight is 273 g/mol. The minimum Gasteiger partial charge on any atom is -0.393 e. The Hall–Kier alpha value is -0.920. The highest BCUT2D eigenvalue weighted by atomic mass is 32.2. The number of aromatic nitrogens is 2. The number of aliphatic hydroxyl groups excluding tert-OH is 1. The highest BCUT2D eigenvalue weighted by Crippen LogP contribution is 2.24. The maximum atomic E-state index is 12.3. The lowest BCUT2D eigenvalue weighted by molar-refractivity contribution is 0.0911. The molecule has 0 bridgehead atoms. The molecule has 18 heavy (non-hydrogen) atoms. The molecule has 102 valence electrons. The summed E-state index contributed by atoms with van der Waals surface area (Å²) in [5.74, 6) is 0.195. The minimum atomic E-state index is -3.47. The van der Waals surface area contributed by atoms with Crippen molar-refractivity contribution in [1.82, 2.24) is 13.9 Å². The highest BCUT2D eigenvalue weighted by molar-refractivity contribution is 7.89. The molecule has 0 aromatic carbocycles. The van der Waals surface area contributed by atoms with Crippen LogP contribution in [0.3, 0.4) is 0 Å². The van der Waals surface area contributed by atoms with Gasteiger partial charge in [-0.1, -0.05) is 0 Å². The molecular formula is C11H19N3O3S. The van der Waals surface area contributed by atoms with E-state index < -0.39 is 10.0 Å². The summed E-state index contributed by atoms with van der Waals surface area (Å²) in [6.07, 6.45) is 4.02. The van der Waals surface area contributed by atoms with Crippen molar-refractivity contribution in [2.75, 3.05) is 13.1 Å². The van der Waals surface area contributed by atoms with Crippen LogP contribution in [0.2, 0.25) is 0 Å². The zero-order chi connectivity index (χ0) is 13.3. The van der Waals surface area contributed by atoms with Crippen molar-refractivity contribution in [2.24, 2.45) is 13.0 Å². The summed E-state index contributed by atoms with van der Waals surface area (Å²) in [6, 6.07) is 0. The molecule has 1 aromatic rings. The van der Waals surface area contributed by atoms with Crippen molar-refractivity contribution < 1.29 is 13.5 Å². The predicted molar refractivity (Wildman–Crippen MR) is 66.4 cm³/mol. The Kier molecular flexibility index (Phi) is 3.74. The average Bonchev–Trinajstić information content (AvgIpc) is 2.76. The SMILES string of the molecule is CC(O)C1CCN(S(=O)(=O)c2cn(C)cn2)CC1. The Bertz CT molecular complexity index is 501. The number of hydrogen-bond acceptors (Lipinski definition) is 4. The Morgan fingerprint density at radius 3 is 2.50 bits per heavy atom. The van der Waals surface area contributed by atoms with E-state index in [-0.39, 0.29) is 17.0 Å². The van der Waals surface area contributed by atoms with Gasteiger partial charge in [0.25, 0.3) is 10.0 Å². The van der Waals surface area contributed by atoms with Crippen LogP contribution in [-0.2, 0) is 17.1 Å². The summed E-state index contributed by atoms with van der Waals surface area (Å²) < 4.78 is 27.6. The van der Waals surface area contributed by atoms with Gasteiger partial charge >= 0.3 is 0 Å². The van der Waals surface area contributed by atoms with Gasteiger partial charge in [0.1, 0.15) is 0 Å². The highest BCUT2D eigenvalue weighted by Gasteiger charge is 2.32. The van der Waals surface area contributed by atoms with Gasteiger partial charge in [0.2, 0.25) is 0 Å². The van der Waals surface area contributed by atoms with Gasteiger partial charge in [-0.3, -0.25) is 0 Å². The van der Waals surface area contributed by atoms with Crippen LogP contribution in [0.5, 0.6) is 0 Å². The van der Waals surface area contributed by atoms with E-state index in [9.17, 15) is 13.5 Å². The monoisotopic (exact) mass is 273 g/mol. The summed E-state index contributed by atoms with van der Waals surface area (Å²) in [6.45, 7) is 2.66. The molecule has 1 atom stereocenters. The lowest BCUT2D eigenvalue weighted by atomic mass is 9.93. The van der Waals surface area contributed by atoms with E-state index in [0.717, 1.165) is 0 Å². The summed E-state index contributed by atoms with van der Waals surface area (Å²) in [5.41, 5.74) is 0. The fourth-order valence-electron chi connectivity index (χ4n) is 2.25. The Labute approximate surface area is 107 Å². The lowest BCUT2D eigenvalue weighted by Gasteiger charge is -2.31. The van der Waals surface area contributed by atoms with Crippen LogP contribution in [0.1, 0.15) is 19.8 Å². The first-order valence-corrected chi connectivity index (χ1v) is 7.51. The van der Waals surface area contributed by atoms with Gasteiger partial charge < -0.3 is 9.67 Å². The summed E-state index contributed by atoms with van der Waals surface area (Å²) in [7, 11) is -1.73. The largest absolute Gasteiger partial charge is 0.393 e. The van der Waals surface area contributed by atoms with Crippen LogP contribution < -0.4 is 0 Å². The molecule has 0 saturated carbocycles. The second-order valence-electron chi connectivity index (χ2n) is 4.86. The first-order chi connectivity index (χ1) is 8.41. The smallest absolute Gasteiger partial charge is 0.262 e. The quantitative estimate of drug-likeness (QED) is 0.853. The zero-order valence-electron chi connectivity index (χ0n) is 10.7. The van der Waals surface area contributed by atoms with Gasteiger partial charge in [-0.2, -0.15) is 4.31 Å². The van der Waals surface area contributed by atoms with Crippen LogP contribution in [0.4, 0.5) is 0 Å². The van der Waals surface area contributed by atoms with Crippen molar-refractivity contribution in [3.05, 3.63) is 12.5 Å². The molecule has 1 N–H and O–H groups in total. The van der Waals surface area contributed by atoms with Gasteiger partial charge in [0.15, 0.2) is 5.03 Å². The fourth-order valence-corrected chi connectivity index (χ4v) is 3.69. The second kappa shape index (κ2) is 4.99. The fraction of sp³-hybridized carbons (Fsp3) is 0.727. The Morgan fingerprint density at radius 1 is 1.44 bits per heavy atom. The van der Waals surface area contributed by atoms with Crippen molar-refractivity contribution in [3.63, 3.8) is 0 Å². The van der Waals surface area contributed by atoms with E-state index in [2.05, 4.69) is 4.98 Å². The van der Waals surface area contributed by atoms with Gasteiger partial charge in [-0.15, -0.1) is 0 Å². The molecule has 6 nitrogen and oxygen atoms in total. The molecule has 0 aliphatic carbocycles. The molecule has 1 aliphatic rings. The number of aliphatic hydroxyl groups is 1. The first-order valence-electron chi connectivity index (χ1n) is 6.07. The van der Waals surface area contributed by atoms with E-state index in [1.807, 2.05) is 0 Å². The molecule has 0 spiro atoms. The number of rotatable bonds is 3. The van der Waals surface area contributed by atoms with Crippen molar-refractivity contribution in [1.29, 1.82) is 0 Å². The third-order valence-corrected chi connectivity index (χ3v) is 5.25. The number of piperidine rings is 1. The van der Waals surface area contributed by atoms with Crippen molar-refractivity contribution in [3.8, 4) is 0 Å². The molecule has 1 aliphatic heterocycles. The Balaban J connectivity index is 2.09. The number of sulfonamides is 1. The minimum absolute atomic E-state index is 0.0977.